The van der Waals surface area contributed by atoms with E-state index in [2.05, 4.69) is 15.6 Å². The third-order valence-electron chi connectivity index (χ3n) is 1.49. The second kappa shape index (κ2) is 3.99. The Bertz CT molecular complexity index is 314. The van der Waals surface area contributed by atoms with E-state index < -0.39 is 0 Å². The fraction of sp³-hybridized carbons (Fsp3) is 0.571. The highest BCUT2D eigenvalue weighted by Gasteiger charge is 2.19. The number of nitrogens with zero attached hydrogens (tertiary/aromatic N) is 3. The van der Waals surface area contributed by atoms with Crippen molar-refractivity contribution in [1.29, 1.82) is 0 Å². The highest BCUT2D eigenvalue weighted by molar-refractivity contribution is 5.71. The molecule has 1 N–H and O–H groups in total. The van der Waals surface area contributed by atoms with Crippen LogP contribution in [0.4, 0.5) is 5.88 Å². The molecule has 0 aliphatic heterocycles. The number of hydrogen-bond donors (Lipinski definition) is 1. The third kappa shape index (κ3) is 2.25. The molecular weight excluding hydrogens is 172 g/mol. The highest BCUT2D eigenvalue weighted by atomic mass is 16.5. The maximum absolute atomic E-state index is 10.7. The summed E-state index contributed by atoms with van der Waals surface area (Å²) in [7, 11) is 3.53. The average Bonchev–Trinajstić information content (AvgIpc) is 2.35. The van der Waals surface area contributed by atoms with Crippen LogP contribution < -0.4 is 15.1 Å². The molecule has 0 radical (unpaired) electrons. The fourth-order valence-electron chi connectivity index (χ4n) is 0.926. The van der Waals surface area contributed by atoms with Crippen molar-refractivity contribution in [3.05, 3.63) is 5.69 Å². The summed E-state index contributed by atoms with van der Waals surface area (Å²) in [5.74, 6) is -0.0292. The lowest BCUT2D eigenvalue weighted by atomic mass is 10.4. The van der Waals surface area contributed by atoms with Crippen LogP contribution in [-0.4, -0.2) is 18.2 Å². The van der Waals surface area contributed by atoms with E-state index in [9.17, 15) is 5.11 Å². The van der Waals surface area contributed by atoms with Gasteiger partial charge in [-0.2, -0.15) is 0 Å². The molecule has 0 bridgehead atoms. The molecule has 0 saturated heterocycles. The number of aliphatic imine (C=N–C) groups is 1. The molecule has 1 rings (SSSR count). The Balaban J connectivity index is 3.00. The Kier molecular flexibility index (Phi) is 2.97. The van der Waals surface area contributed by atoms with Gasteiger partial charge in [0.1, 0.15) is 0 Å². The smallest absolute Gasteiger partial charge is 0.325 e. The molecule has 0 atom stereocenters. The SMILES string of the molecule is CNCc1c(/N=C(\C)[O-])on[n+]1C. The molecule has 0 aliphatic carbocycles. The van der Waals surface area contributed by atoms with Gasteiger partial charge >= 0.3 is 5.88 Å². The third-order valence-corrected chi connectivity index (χ3v) is 1.49. The summed E-state index contributed by atoms with van der Waals surface area (Å²) in [6.45, 7) is 1.93. The summed E-state index contributed by atoms with van der Waals surface area (Å²) in [6.07, 6.45) is 0. The number of rotatable bonds is 3. The van der Waals surface area contributed by atoms with E-state index in [4.69, 9.17) is 4.52 Å². The summed E-state index contributed by atoms with van der Waals surface area (Å²) in [5.41, 5.74) is 0.748. The molecule has 0 amide bonds. The Hall–Kier alpha value is -1.43. The van der Waals surface area contributed by atoms with Crippen LogP contribution in [0.1, 0.15) is 12.6 Å². The molecule has 72 valence electrons. The number of aryl methyl sites for hydroxylation is 1. The molecule has 13 heavy (non-hydrogen) atoms. The van der Waals surface area contributed by atoms with Gasteiger partial charge in [-0.3, -0.25) is 4.52 Å². The Labute approximate surface area is 75.9 Å². The summed E-state index contributed by atoms with van der Waals surface area (Å²) < 4.78 is 6.38. The lowest BCUT2D eigenvalue weighted by Crippen LogP contribution is -2.35. The molecule has 6 nitrogen and oxygen atoms in total. The molecule has 0 aromatic carbocycles. The fourth-order valence-corrected chi connectivity index (χ4v) is 0.926. The molecule has 1 aromatic heterocycles. The van der Waals surface area contributed by atoms with Crippen molar-refractivity contribution in [3.63, 3.8) is 0 Å². The normalized spacial score (nSPS) is 12.1. The van der Waals surface area contributed by atoms with Gasteiger partial charge in [0.25, 0.3) is 5.69 Å². The number of nitrogens with one attached hydrogen (secondary N) is 1. The first kappa shape index (κ1) is 9.66. The molecule has 0 fully saturated rings. The molecular formula is C7H12N4O2. The van der Waals surface area contributed by atoms with Gasteiger partial charge in [-0.1, -0.05) is 0 Å². The van der Waals surface area contributed by atoms with Crippen molar-refractivity contribution in [3.8, 4) is 0 Å². The van der Waals surface area contributed by atoms with Crippen LogP contribution in [0.25, 0.3) is 0 Å². The largest absolute Gasteiger partial charge is 0.862 e. The van der Waals surface area contributed by atoms with Gasteiger partial charge < -0.3 is 10.4 Å². The van der Waals surface area contributed by atoms with Crippen molar-refractivity contribution in [2.45, 2.75) is 13.5 Å². The summed E-state index contributed by atoms with van der Waals surface area (Å²) in [6, 6.07) is 0. The lowest BCUT2D eigenvalue weighted by Gasteiger charge is -1.98. The van der Waals surface area contributed by atoms with Crippen LogP contribution >= 0.6 is 0 Å². The van der Waals surface area contributed by atoms with E-state index in [0.29, 0.717) is 6.54 Å². The Morgan fingerprint density at radius 3 is 3.00 bits per heavy atom. The van der Waals surface area contributed by atoms with Gasteiger partial charge in [0, 0.05) is 0 Å². The van der Waals surface area contributed by atoms with Crippen LogP contribution in [0.3, 0.4) is 0 Å². The van der Waals surface area contributed by atoms with E-state index in [1.54, 1.807) is 14.1 Å². The maximum Gasteiger partial charge on any atom is 0.325 e. The maximum atomic E-state index is 10.7. The zero-order chi connectivity index (χ0) is 9.84. The lowest BCUT2D eigenvalue weighted by molar-refractivity contribution is -0.746. The van der Waals surface area contributed by atoms with Crippen molar-refractivity contribution in [2.24, 2.45) is 12.0 Å². The first-order valence-corrected chi connectivity index (χ1v) is 3.87. The second-order valence-electron chi connectivity index (χ2n) is 2.61. The van der Waals surface area contributed by atoms with Crippen molar-refractivity contribution in [2.75, 3.05) is 7.05 Å². The van der Waals surface area contributed by atoms with Crippen molar-refractivity contribution in [1.82, 2.24) is 10.6 Å². The number of hydrogen-bond acceptors (Lipinski definition) is 5. The quantitative estimate of drug-likeness (QED) is 0.357. The summed E-state index contributed by atoms with van der Waals surface area (Å²) >= 11 is 0. The van der Waals surface area contributed by atoms with Gasteiger partial charge in [-0.05, 0) is 24.6 Å². The minimum absolute atomic E-state index is 0.268. The first-order chi connectivity index (χ1) is 6.15. The van der Waals surface area contributed by atoms with Gasteiger partial charge in [0.2, 0.25) is 5.27 Å². The minimum atomic E-state index is -0.297. The van der Waals surface area contributed by atoms with Gasteiger partial charge in [-0.15, -0.1) is 0 Å². The van der Waals surface area contributed by atoms with Crippen molar-refractivity contribution < 1.29 is 14.3 Å². The van der Waals surface area contributed by atoms with E-state index >= 15 is 0 Å². The van der Waals surface area contributed by atoms with E-state index in [1.807, 2.05) is 0 Å². The Morgan fingerprint density at radius 1 is 1.77 bits per heavy atom. The monoisotopic (exact) mass is 184 g/mol. The second-order valence-corrected chi connectivity index (χ2v) is 2.61. The van der Waals surface area contributed by atoms with E-state index in [1.165, 1.54) is 11.6 Å². The highest BCUT2D eigenvalue weighted by Crippen LogP contribution is 2.13. The van der Waals surface area contributed by atoms with Crippen LogP contribution in [0.2, 0.25) is 0 Å². The van der Waals surface area contributed by atoms with Gasteiger partial charge in [0.05, 0.1) is 6.54 Å². The molecule has 0 unspecified atom stereocenters. The van der Waals surface area contributed by atoms with Gasteiger partial charge in [-0.25, -0.2) is 4.99 Å². The first-order valence-electron chi connectivity index (χ1n) is 3.87. The standard InChI is InChI=1S/C7H12N4O2/c1-5(12)9-7-6(4-8-2)11(3)10-13-7/h8H,4H2,1-3H3. The van der Waals surface area contributed by atoms with Crippen LogP contribution in [0, 0.1) is 0 Å². The van der Waals surface area contributed by atoms with Crippen LogP contribution in [0.15, 0.2) is 9.52 Å². The molecule has 1 aromatic rings. The zero-order valence-corrected chi connectivity index (χ0v) is 7.87. The molecule has 0 saturated carbocycles. The topological polar surface area (TPSA) is 77.4 Å². The van der Waals surface area contributed by atoms with Crippen LogP contribution in [-0.2, 0) is 13.6 Å². The van der Waals surface area contributed by atoms with Crippen LogP contribution in [0.5, 0.6) is 0 Å². The molecule has 0 spiro atoms. The average molecular weight is 184 g/mol. The number of aromatic nitrogens is 2. The molecule has 0 aliphatic rings. The Morgan fingerprint density at radius 2 is 2.46 bits per heavy atom. The molecule has 6 heteroatoms. The zero-order valence-electron chi connectivity index (χ0n) is 7.87. The van der Waals surface area contributed by atoms with E-state index in [0.717, 1.165) is 5.69 Å². The van der Waals surface area contributed by atoms with Gasteiger partial charge in [0.15, 0.2) is 7.05 Å². The molecule has 1 heterocycles. The minimum Gasteiger partial charge on any atom is -0.862 e. The summed E-state index contributed by atoms with van der Waals surface area (Å²) in [4.78, 5) is 3.67. The predicted octanol–water partition coefficient (Wildman–Crippen LogP) is -1.37. The summed E-state index contributed by atoms with van der Waals surface area (Å²) in [5, 5.41) is 17.3. The van der Waals surface area contributed by atoms with E-state index in [-0.39, 0.29) is 11.8 Å². The predicted molar refractivity (Wildman–Crippen MR) is 43.2 cm³/mol. The van der Waals surface area contributed by atoms with Crippen molar-refractivity contribution >= 4 is 11.8 Å².